The van der Waals surface area contributed by atoms with Crippen molar-refractivity contribution < 1.29 is 24.2 Å². The van der Waals surface area contributed by atoms with E-state index in [4.69, 9.17) is 4.74 Å². The smallest absolute Gasteiger partial charge is 0.407 e. The summed E-state index contributed by atoms with van der Waals surface area (Å²) in [5.41, 5.74) is 3.55. The van der Waals surface area contributed by atoms with E-state index in [1.54, 1.807) is 11.8 Å². The lowest BCUT2D eigenvalue weighted by atomic mass is 9.81. The van der Waals surface area contributed by atoms with Gasteiger partial charge in [-0.1, -0.05) is 68.8 Å². The molecular weight excluding hydrogens is 432 g/mol. The second kappa shape index (κ2) is 9.49. The number of likely N-dealkylation sites (tertiary alicyclic amines) is 1. The number of carboxylic acids is 1. The third-order valence-electron chi connectivity index (χ3n) is 7.41. The predicted octanol–water partition coefficient (Wildman–Crippen LogP) is 4.26. The van der Waals surface area contributed by atoms with Crippen molar-refractivity contribution in [3.05, 3.63) is 59.7 Å². The van der Waals surface area contributed by atoms with Crippen LogP contribution in [0.3, 0.4) is 0 Å². The zero-order valence-corrected chi connectivity index (χ0v) is 19.9. The quantitative estimate of drug-likeness (QED) is 0.638. The Morgan fingerprint density at radius 1 is 1.12 bits per heavy atom. The van der Waals surface area contributed by atoms with Gasteiger partial charge in [-0.05, 0) is 41.5 Å². The Balaban J connectivity index is 1.41. The van der Waals surface area contributed by atoms with Crippen LogP contribution in [0, 0.1) is 11.3 Å². The zero-order chi connectivity index (χ0) is 24.5. The number of amides is 2. The number of alkyl carbamates (subject to hydrolysis) is 1. The number of hydrogen-bond donors (Lipinski definition) is 2. The molecule has 7 nitrogen and oxygen atoms in total. The molecule has 1 aliphatic heterocycles. The highest BCUT2D eigenvalue weighted by molar-refractivity contribution is 5.87. The van der Waals surface area contributed by atoms with Gasteiger partial charge in [0, 0.05) is 19.0 Å². The third-order valence-corrected chi connectivity index (χ3v) is 7.41. The Morgan fingerprint density at radius 2 is 1.71 bits per heavy atom. The molecule has 0 radical (unpaired) electrons. The summed E-state index contributed by atoms with van der Waals surface area (Å²) < 4.78 is 5.61. The maximum absolute atomic E-state index is 13.2. The van der Waals surface area contributed by atoms with Crippen LogP contribution in [-0.4, -0.2) is 53.7 Å². The summed E-state index contributed by atoms with van der Waals surface area (Å²) in [6, 6.07) is 15.5. The second-order valence-corrected chi connectivity index (χ2v) is 9.65. The van der Waals surface area contributed by atoms with Crippen molar-refractivity contribution in [3.63, 3.8) is 0 Å². The first kappa shape index (κ1) is 23.8. The number of carbonyl (C=O) groups excluding carboxylic acids is 2. The molecule has 0 aromatic heterocycles. The summed E-state index contributed by atoms with van der Waals surface area (Å²) in [5.74, 6) is -1.40. The number of carboxylic acid groups (broad SMARTS) is 1. The van der Waals surface area contributed by atoms with Gasteiger partial charge in [0.15, 0.2) is 0 Å². The van der Waals surface area contributed by atoms with Crippen LogP contribution in [0.5, 0.6) is 0 Å². The van der Waals surface area contributed by atoms with E-state index in [0.29, 0.717) is 19.4 Å². The number of ether oxygens (including phenoxy) is 1. The summed E-state index contributed by atoms with van der Waals surface area (Å²) in [6.07, 6.45) is 0.513. The van der Waals surface area contributed by atoms with Crippen molar-refractivity contribution >= 4 is 18.0 Å². The van der Waals surface area contributed by atoms with Crippen LogP contribution in [-0.2, 0) is 14.3 Å². The lowest BCUT2D eigenvalue weighted by molar-refractivity contribution is -0.149. The Labute approximate surface area is 200 Å². The van der Waals surface area contributed by atoms with Crippen molar-refractivity contribution in [2.45, 2.75) is 45.6 Å². The van der Waals surface area contributed by atoms with Crippen LogP contribution in [0.2, 0.25) is 0 Å². The van der Waals surface area contributed by atoms with E-state index >= 15 is 0 Å². The molecule has 2 unspecified atom stereocenters. The van der Waals surface area contributed by atoms with Crippen LogP contribution >= 0.6 is 0 Å². The van der Waals surface area contributed by atoms with E-state index in [9.17, 15) is 19.5 Å². The molecule has 2 aromatic rings. The molecule has 4 rings (SSSR count). The van der Waals surface area contributed by atoms with Crippen molar-refractivity contribution in [2.75, 3.05) is 19.7 Å². The molecule has 0 spiro atoms. The molecular formula is C27H32N2O5. The number of carbonyl (C=O) groups is 3. The number of rotatable bonds is 7. The summed E-state index contributed by atoms with van der Waals surface area (Å²) in [4.78, 5) is 39.2. The Hall–Kier alpha value is -3.35. The first-order chi connectivity index (χ1) is 16.3. The molecule has 2 amide bonds. The van der Waals surface area contributed by atoms with Gasteiger partial charge < -0.3 is 20.1 Å². The number of aliphatic carboxylic acids is 1. The molecule has 3 atom stereocenters. The van der Waals surface area contributed by atoms with Gasteiger partial charge in [0.1, 0.15) is 12.6 Å². The Bertz CT molecular complexity index is 1050. The molecule has 180 valence electrons. The van der Waals surface area contributed by atoms with Crippen molar-refractivity contribution in [3.8, 4) is 11.1 Å². The molecule has 34 heavy (non-hydrogen) atoms. The molecule has 2 aliphatic rings. The van der Waals surface area contributed by atoms with Crippen molar-refractivity contribution in [1.29, 1.82) is 0 Å². The zero-order valence-electron chi connectivity index (χ0n) is 19.9. The molecule has 1 saturated heterocycles. The summed E-state index contributed by atoms with van der Waals surface area (Å²) >= 11 is 0. The van der Waals surface area contributed by atoms with E-state index in [1.807, 2.05) is 38.1 Å². The first-order valence-corrected chi connectivity index (χ1v) is 11.9. The van der Waals surface area contributed by atoms with E-state index in [1.165, 1.54) is 0 Å². The van der Waals surface area contributed by atoms with Gasteiger partial charge in [-0.3, -0.25) is 9.59 Å². The maximum atomic E-state index is 13.2. The van der Waals surface area contributed by atoms with Crippen LogP contribution < -0.4 is 5.32 Å². The van der Waals surface area contributed by atoms with Gasteiger partial charge in [-0.15, -0.1) is 0 Å². The Kier molecular flexibility index (Phi) is 6.64. The monoisotopic (exact) mass is 464 g/mol. The summed E-state index contributed by atoms with van der Waals surface area (Å²) in [7, 11) is 0. The van der Waals surface area contributed by atoms with Gasteiger partial charge in [-0.2, -0.15) is 0 Å². The Morgan fingerprint density at radius 3 is 2.24 bits per heavy atom. The van der Waals surface area contributed by atoms with E-state index in [-0.39, 0.29) is 30.9 Å². The molecule has 2 aromatic carbocycles. The number of nitrogens with zero attached hydrogens (tertiary/aromatic N) is 1. The minimum absolute atomic E-state index is 0.0609. The van der Waals surface area contributed by atoms with E-state index in [2.05, 4.69) is 29.6 Å². The maximum Gasteiger partial charge on any atom is 0.407 e. The average Bonchev–Trinajstić information content (AvgIpc) is 3.32. The fourth-order valence-electron chi connectivity index (χ4n) is 5.14. The van der Waals surface area contributed by atoms with Crippen LogP contribution in [0.1, 0.15) is 50.7 Å². The minimum Gasteiger partial charge on any atom is -0.481 e. The minimum atomic E-state index is -0.990. The van der Waals surface area contributed by atoms with Gasteiger partial charge >= 0.3 is 12.1 Å². The van der Waals surface area contributed by atoms with Gasteiger partial charge in [0.05, 0.1) is 5.41 Å². The molecule has 1 heterocycles. The van der Waals surface area contributed by atoms with Crippen LogP contribution in [0.4, 0.5) is 4.79 Å². The third kappa shape index (κ3) is 4.27. The highest BCUT2D eigenvalue weighted by atomic mass is 16.5. The summed E-state index contributed by atoms with van der Waals surface area (Å²) in [5, 5.41) is 12.4. The SMILES string of the molecule is CCC[C@H](NC(=O)OCC1c2ccccc2-c2ccccc21)C(=O)N1CC(C)C(C)(C(=O)O)C1. The number of nitrogens with one attached hydrogen (secondary N) is 1. The summed E-state index contributed by atoms with van der Waals surface area (Å²) in [6.45, 7) is 6.11. The molecule has 0 bridgehead atoms. The van der Waals surface area contributed by atoms with Crippen LogP contribution in [0.25, 0.3) is 11.1 Å². The normalized spacial score (nSPS) is 22.1. The molecule has 1 fully saturated rings. The molecule has 0 saturated carbocycles. The van der Waals surface area contributed by atoms with E-state index < -0.39 is 23.5 Å². The van der Waals surface area contributed by atoms with Gasteiger partial charge in [-0.25, -0.2) is 4.79 Å². The molecule has 1 aliphatic carbocycles. The second-order valence-electron chi connectivity index (χ2n) is 9.65. The van der Waals surface area contributed by atoms with Gasteiger partial charge in [0.25, 0.3) is 0 Å². The standard InChI is InChI=1S/C27H32N2O5/c1-4-9-23(24(30)29-14-17(2)27(3,16-29)25(31)32)28-26(33)34-15-22-20-12-7-5-10-18(20)19-11-6-8-13-21(19)22/h5-8,10-13,17,22-23H,4,9,14-16H2,1-3H3,(H,28,33)(H,31,32)/t17?,23-,27?/m0/s1. The van der Waals surface area contributed by atoms with Crippen LogP contribution in [0.15, 0.2) is 48.5 Å². The number of fused-ring (bicyclic) bond motifs is 3. The predicted molar refractivity (Wildman–Crippen MR) is 128 cm³/mol. The van der Waals surface area contributed by atoms with Gasteiger partial charge in [0.2, 0.25) is 5.91 Å². The average molecular weight is 465 g/mol. The fraction of sp³-hybridized carbons (Fsp3) is 0.444. The lowest BCUT2D eigenvalue weighted by Crippen LogP contribution is -2.49. The lowest BCUT2D eigenvalue weighted by Gasteiger charge is -2.25. The highest BCUT2D eigenvalue weighted by Gasteiger charge is 2.48. The van der Waals surface area contributed by atoms with Crippen molar-refractivity contribution in [1.82, 2.24) is 10.2 Å². The first-order valence-electron chi connectivity index (χ1n) is 11.9. The van der Waals surface area contributed by atoms with Crippen molar-refractivity contribution in [2.24, 2.45) is 11.3 Å². The van der Waals surface area contributed by atoms with E-state index in [0.717, 1.165) is 22.3 Å². The molecule has 7 heteroatoms. The number of hydrogen-bond acceptors (Lipinski definition) is 4. The largest absolute Gasteiger partial charge is 0.481 e. The number of benzene rings is 2. The highest BCUT2D eigenvalue weighted by Crippen LogP contribution is 2.44. The fourth-order valence-corrected chi connectivity index (χ4v) is 5.14. The molecule has 2 N–H and O–H groups in total. The topological polar surface area (TPSA) is 95.9 Å².